The van der Waals surface area contributed by atoms with Crippen molar-refractivity contribution in [2.45, 2.75) is 0 Å². The summed E-state index contributed by atoms with van der Waals surface area (Å²) in [5.41, 5.74) is -0.500. The first-order chi connectivity index (χ1) is 4.63. The number of aromatic carboxylic acids is 1. The minimum absolute atomic E-state index is 0.468. The Morgan fingerprint density at radius 3 is 2.30 bits per heavy atom. The van der Waals surface area contributed by atoms with Crippen molar-refractivity contribution in [3.05, 3.63) is 11.8 Å². The van der Waals surface area contributed by atoms with Crippen LogP contribution >= 0.6 is 0 Å². The summed E-state index contributed by atoms with van der Waals surface area (Å²) in [6.07, 6.45) is 0.999. The highest BCUT2D eigenvalue weighted by Crippen LogP contribution is 2.24. The van der Waals surface area contributed by atoms with Crippen LogP contribution in [0.25, 0.3) is 0 Å². The van der Waals surface area contributed by atoms with E-state index in [2.05, 4.69) is 4.98 Å². The molecular formula is C5H5NO4. The molecule has 0 saturated heterocycles. The van der Waals surface area contributed by atoms with E-state index in [0.29, 0.717) is 0 Å². The number of aromatic amines is 1. The van der Waals surface area contributed by atoms with Crippen molar-refractivity contribution in [3.63, 3.8) is 0 Å². The molecule has 0 aliphatic carbocycles. The van der Waals surface area contributed by atoms with E-state index in [-0.39, 0.29) is 0 Å². The van der Waals surface area contributed by atoms with Crippen molar-refractivity contribution in [2.24, 2.45) is 0 Å². The van der Waals surface area contributed by atoms with Crippen LogP contribution in [0.2, 0.25) is 0 Å². The largest absolute Gasteiger partial charge is 0.505 e. The molecule has 1 aromatic rings. The lowest BCUT2D eigenvalue weighted by atomic mass is 10.3. The second-order valence-corrected chi connectivity index (χ2v) is 1.70. The Hall–Kier alpha value is -1.65. The lowest BCUT2D eigenvalue weighted by molar-refractivity contribution is 0.0691. The second-order valence-electron chi connectivity index (χ2n) is 1.70. The van der Waals surface area contributed by atoms with Gasteiger partial charge in [-0.05, 0) is 0 Å². The molecule has 0 amide bonds. The van der Waals surface area contributed by atoms with E-state index in [0.717, 1.165) is 6.20 Å². The maximum Gasteiger partial charge on any atom is 0.345 e. The molecule has 0 bridgehead atoms. The summed E-state index contributed by atoms with van der Waals surface area (Å²) in [7, 11) is 0. The maximum absolute atomic E-state index is 10.2. The van der Waals surface area contributed by atoms with E-state index < -0.39 is 23.2 Å². The Balaban J connectivity index is 3.23. The molecule has 0 fully saturated rings. The summed E-state index contributed by atoms with van der Waals surface area (Å²) >= 11 is 0. The van der Waals surface area contributed by atoms with Gasteiger partial charge in [-0.2, -0.15) is 0 Å². The molecule has 1 aromatic heterocycles. The van der Waals surface area contributed by atoms with Gasteiger partial charge >= 0.3 is 5.97 Å². The number of hydrogen-bond acceptors (Lipinski definition) is 3. The summed E-state index contributed by atoms with van der Waals surface area (Å²) in [6, 6.07) is 0. The van der Waals surface area contributed by atoms with Crippen LogP contribution in [0.3, 0.4) is 0 Å². The highest BCUT2D eigenvalue weighted by molar-refractivity contribution is 5.93. The number of aromatic nitrogens is 1. The second kappa shape index (κ2) is 1.94. The normalized spacial score (nSPS) is 9.60. The molecule has 54 valence electrons. The molecule has 0 unspecified atom stereocenters. The van der Waals surface area contributed by atoms with Crippen molar-refractivity contribution in [1.29, 1.82) is 0 Å². The van der Waals surface area contributed by atoms with Crippen molar-refractivity contribution in [2.75, 3.05) is 0 Å². The number of hydrogen-bond donors (Lipinski definition) is 4. The predicted molar refractivity (Wildman–Crippen MR) is 31.1 cm³/mol. The fourth-order valence-corrected chi connectivity index (χ4v) is 0.613. The van der Waals surface area contributed by atoms with E-state index in [9.17, 15) is 4.79 Å². The fourth-order valence-electron chi connectivity index (χ4n) is 0.613. The minimum Gasteiger partial charge on any atom is -0.505 e. The standard InChI is InChI=1S/C5H5NO4/c7-2-1-6-4(8)3(2)5(9)10/h1,6-8H,(H,9,10). The van der Waals surface area contributed by atoms with Gasteiger partial charge in [0.15, 0.2) is 11.3 Å². The first kappa shape index (κ1) is 6.47. The lowest BCUT2D eigenvalue weighted by Gasteiger charge is -1.89. The molecule has 0 aromatic carbocycles. The Labute approximate surface area is 55.5 Å². The van der Waals surface area contributed by atoms with Crippen LogP contribution in [0.1, 0.15) is 10.4 Å². The zero-order chi connectivity index (χ0) is 7.72. The molecule has 1 rings (SSSR count). The smallest absolute Gasteiger partial charge is 0.345 e. The molecule has 0 spiro atoms. The van der Waals surface area contributed by atoms with Crippen LogP contribution in [0.15, 0.2) is 6.20 Å². The van der Waals surface area contributed by atoms with Crippen LogP contribution in [0.5, 0.6) is 11.6 Å². The van der Waals surface area contributed by atoms with Crippen LogP contribution < -0.4 is 0 Å². The van der Waals surface area contributed by atoms with Gasteiger partial charge in [0.25, 0.3) is 0 Å². The summed E-state index contributed by atoms with van der Waals surface area (Å²) in [5.74, 6) is -2.37. The molecule has 0 aliphatic rings. The third kappa shape index (κ3) is 0.771. The SMILES string of the molecule is O=C(O)c1c(O)c[nH]c1O. The third-order valence-corrected chi connectivity index (χ3v) is 1.05. The highest BCUT2D eigenvalue weighted by Gasteiger charge is 2.16. The Morgan fingerprint density at radius 2 is 2.10 bits per heavy atom. The van der Waals surface area contributed by atoms with Gasteiger partial charge in [0.05, 0.1) is 0 Å². The van der Waals surface area contributed by atoms with Gasteiger partial charge < -0.3 is 20.3 Å². The molecule has 0 aliphatic heterocycles. The van der Waals surface area contributed by atoms with Gasteiger partial charge in [-0.1, -0.05) is 0 Å². The van der Waals surface area contributed by atoms with Crippen LogP contribution in [-0.2, 0) is 0 Å². The predicted octanol–water partition coefficient (Wildman–Crippen LogP) is 0.124. The van der Waals surface area contributed by atoms with Crippen LogP contribution in [0.4, 0.5) is 0 Å². The Morgan fingerprint density at radius 1 is 1.50 bits per heavy atom. The number of aromatic hydroxyl groups is 2. The molecule has 1 heterocycles. The first-order valence-electron chi connectivity index (χ1n) is 2.45. The number of H-pyrrole nitrogens is 1. The zero-order valence-corrected chi connectivity index (χ0v) is 4.83. The van der Waals surface area contributed by atoms with E-state index in [1.54, 1.807) is 0 Å². The van der Waals surface area contributed by atoms with Crippen molar-refractivity contribution in [3.8, 4) is 11.6 Å². The van der Waals surface area contributed by atoms with Crippen molar-refractivity contribution < 1.29 is 20.1 Å². The summed E-state index contributed by atoms with van der Waals surface area (Å²) in [6.45, 7) is 0. The van der Waals surface area contributed by atoms with E-state index in [1.807, 2.05) is 0 Å². The minimum atomic E-state index is -1.36. The topological polar surface area (TPSA) is 93.5 Å². The lowest BCUT2D eigenvalue weighted by Crippen LogP contribution is -1.93. The van der Waals surface area contributed by atoms with E-state index >= 15 is 0 Å². The van der Waals surface area contributed by atoms with Crippen molar-refractivity contribution >= 4 is 5.97 Å². The molecule has 5 heteroatoms. The van der Waals surface area contributed by atoms with Crippen LogP contribution in [0, 0.1) is 0 Å². The summed E-state index contributed by atoms with van der Waals surface area (Å²) in [4.78, 5) is 12.3. The molecule has 10 heavy (non-hydrogen) atoms. The molecule has 4 N–H and O–H groups in total. The van der Waals surface area contributed by atoms with Crippen LogP contribution in [-0.4, -0.2) is 26.3 Å². The number of nitrogens with one attached hydrogen (secondary N) is 1. The Kier molecular flexibility index (Phi) is 1.26. The van der Waals surface area contributed by atoms with Gasteiger partial charge in [-0.25, -0.2) is 4.79 Å². The number of carboxylic acids is 1. The fraction of sp³-hybridized carbons (Fsp3) is 0. The van der Waals surface area contributed by atoms with Gasteiger partial charge in [-0.15, -0.1) is 0 Å². The van der Waals surface area contributed by atoms with E-state index in [1.165, 1.54) is 0 Å². The molecular weight excluding hydrogens is 138 g/mol. The number of carboxylic acid groups (broad SMARTS) is 1. The van der Waals surface area contributed by atoms with Crippen molar-refractivity contribution in [1.82, 2.24) is 4.98 Å². The third-order valence-electron chi connectivity index (χ3n) is 1.05. The molecule has 0 radical (unpaired) electrons. The van der Waals surface area contributed by atoms with Gasteiger partial charge in [0.2, 0.25) is 5.88 Å². The molecule has 0 atom stereocenters. The monoisotopic (exact) mass is 143 g/mol. The average Bonchev–Trinajstić information content (AvgIpc) is 2.11. The highest BCUT2D eigenvalue weighted by atomic mass is 16.4. The van der Waals surface area contributed by atoms with Gasteiger partial charge in [0.1, 0.15) is 0 Å². The Bertz CT molecular complexity index is 245. The van der Waals surface area contributed by atoms with Gasteiger partial charge in [-0.3, -0.25) is 0 Å². The quantitative estimate of drug-likeness (QED) is 0.449. The molecule has 0 saturated carbocycles. The zero-order valence-electron chi connectivity index (χ0n) is 4.83. The first-order valence-corrected chi connectivity index (χ1v) is 2.45. The molecule has 5 nitrogen and oxygen atoms in total. The number of carbonyl (C=O) groups is 1. The number of rotatable bonds is 1. The maximum atomic E-state index is 10.2. The summed E-state index contributed by atoms with van der Waals surface area (Å²) in [5, 5.41) is 25.7. The van der Waals surface area contributed by atoms with Gasteiger partial charge in [0, 0.05) is 6.20 Å². The average molecular weight is 143 g/mol. The summed E-state index contributed by atoms with van der Waals surface area (Å²) < 4.78 is 0. The van der Waals surface area contributed by atoms with E-state index in [4.69, 9.17) is 15.3 Å².